The maximum absolute atomic E-state index is 5.52. The highest BCUT2D eigenvalue weighted by Gasteiger charge is 2.02. The second-order valence-electron chi connectivity index (χ2n) is 2.66. The van der Waals surface area contributed by atoms with Crippen molar-refractivity contribution in [1.82, 2.24) is 4.57 Å². The van der Waals surface area contributed by atoms with Crippen molar-refractivity contribution in [2.45, 2.75) is 20.4 Å². The van der Waals surface area contributed by atoms with Gasteiger partial charge < -0.3 is 10.3 Å². The third-order valence-corrected chi connectivity index (χ3v) is 2.10. The lowest BCUT2D eigenvalue weighted by Gasteiger charge is -1.99. The molecule has 1 rings (SSSR count). The zero-order valence-corrected chi connectivity index (χ0v) is 6.81. The monoisotopic (exact) mass is 138 g/mol. The summed E-state index contributed by atoms with van der Waals surface area (Å²) in [6.45, 7) is 4.83. The molecule has 0 saturated heterocycles. The Labute approximate surface area is 61.7 Å². The zero-order chi connectivity index (χ0) is 7.72. The Bertz CT molecular complexity index is 236. The molecule has 0 aliphatic carbocycles. The van der Waals surface area contributed by atoms with Crippen molar-refractivity contribution in [2.24, 2.45) is 12.8 Å². The third-order valence-electron chi connectivity index (χ3n) is 2.10. The summed E-state index contributed by atoms with van der Waals surface area (Å²) in [6.07, 6.45) is 0. The van der Waals surface area contributed by atoms with Gasteiger partial charge in [-0.15, -0.1) is 0 Å². The number of hydrogen-bond donors (Lipinski definition) is 1. The third kappa shape index (κ3) is 0.948. The second-order valence-corrected chi connectivity index (χ2v) is 2.66. The van der Waals surface area contributed by atoms with Gasteiger partial charge >= 0.3 is 0 Å². The van der Waals surface area contributed by atoms with Gasteiger partial charge in [0.2, 0.25) is 0 Å². The molecule has 1 aromatic heterocycles. The van der Waals surface area contributed by atoms with Gasteiger partial charge in [0.05, 0.1) is 0 Å². The molecule has 1 aromatic rings. The van der Waals surface area contributed by atoms with Crippen molar-refractivity contribution in [2.75, 3.05) is 0 Å². The molecule has 1 heterocycles. The van der Waals surface area contributed by atoms with Crippen molar-refractivity contribution >= 4 is 0 Å². The molecule has 2 heteroatoms. The summed E-state index contributed by atoms with van der Waals surface area (Å²) >= 11 is 0. The molecule has 0 radical (unpaired) electrons. The molecule has 0 aliphatic rings. The number of aromatic nitrogens is 1. The molecule has 10 heavy (non-hydrogen) atoms. The minimum atomic E-state index is 0.646. The van der Waals surface area contributed by atoms with Crippen molar-refractivity contribution in [1.29, 1.82) is 0 Å². The van der Waals surface area contributed by atoms with Crippen LogP contribution < -0.4 is 5.73 Å². The predicted octanol–water partition coefficient (Wildman–Crippen LogP) is 1.10. The second kappa shape index (κ2) is 2.46. The van der Waals surface area contributed by atoms with E-state index < -0.39 is 0 Å². The number of hydrogen-bond acceptors (Lipinski definition) is 1. The normalized spacial score (nSPS) is 10.4. The fraction of sp³-hybridized carbons (Fsp3) is 0.500. The summed E-state index contributed by atoms with van der Waals surface area (Å²) in [5, 5.41) is 0. The molecule has 0 saturated carbocycles. The number of rotatable bonds is 1. The molecule has 2 N–H and O–H groups in total. The van der Waals surface area contributed by atoms with E-state index in [1.807, 2.05) is 0 Å². The van der Waals surface area contributed by atoms with Gasteiger partial charge in [0.1, 0.15) is 0 Å². The van der Waals surface area contributed by atoms with Gasteiger partial charge in [0.25, 0.3) is 0 Å². The first-order chi connectivity index (χ1) is 4.66. The van der Waals surface area contributed by atoms with Crippen LogP contribution in [-0.4, -0.2) is 4.57 Å². The van der Waals surface area contributed by atoms with E-state index in [4.69, 9.17) is 5.73 Å². The van der Waals surface area contributed by atoms with Gasteiger partial charge in [-0.3, -0.25) is 0 Å². The van der Waals surface area contributed by atoms with Crippen LogP contribution in [0.15, 0.2) is 6.07 Å². The minimum Gasteiger partial charge on any atom is -0.352 e. The van der Waals surface area contributed by atoms with Gasteiger partial charge in [-0.2, -0.15) is 0 Å². The molecular formula is C8H14N2. The maximum Gasteiger partial charge on any atom is 0.0196 e. The van der Waals surface area contributed by atoms with Gasteiger partial charge in [0.15, 0.2) is 0 Å². The summed E-state index contributed by atoms with van der Waals surface area (Å²) in [5.41, 5.74) is 9.32. The average Bonchev–Trinajstić information content (AvgIpc) is 2.17. The Kier molecular flexibility index (Phi) is 1.81. The van der Waals surface area contributed by atoms with E-state index in [0.29, 0.717) is 6.54 Å². The van der Waals surface area contributed by atoms with Gasteiger partial charge in [0, 0.05) is 25.0 Å². The smallest absolute Gasteiger partial charge is 0.0196 e. The van der Waals surface area contributed by atoms with E-state index >= 15 is 0 Å². The standard InChI is InChI=1S/C8H14N2/c1-6-4-8(5-9)7(2)10(6)3/h4H,5,9H2,1-3H3. The maximum atomic E-state index is 5.52. The Balaban J connectivity index is 3.17. The Morgan fingerprint density at radius 3 is 2.30 bits per heavy atom. The molecule has 0 fully saturated rings. The SMILES string of the molecule is Cc1cc(CN)c(C)n1C. The van der Waals surface area contributed by atoms with Crippen LogP contribution in [0.3, 0.4) is 0 Å². The lowest BCUT2D eigenvalue weighted by molar-refractivity contribution is 0.834. The van der Waals surface area contributed by atoms with E-state index in [9.17, 15) is 0 Å². The van der Waals surface area contributed by atoms with Crippen molar-refractivity contribution in [3.05, 3.63) is 23.0 Å². The topological polar surface area (TPSA) is 30.9 Å². The van der Waals surface area contributed by atoms with E-state index in [0.717, 1.165) is 0 Å². The minimum absolute atomic E-state index is 0.646. The molecule has 0 spiro atoms. The van der Waals surface area contributed by atoms with Crippen LogP contribution in [0.2, 0.25) is 0 Å². The first-order valence-electron chi connectivity index (χ1n) is 3.48. The molecule has 0 unspecified atom stereocenters. The average molecular weight is 138 g/mol. The highest BCUT2D eigenvalue weighted by atomic mass is 14.9. The first-order valence-corrected chi connectivity index (χ1v) is 3.48. The lowest BCUT2D eigenvalue weighted by atomic mass is 10.2. The van der Waals surface area contributed by atoms with Crippen LogP contribution in [0.1, 0.15) is 17.0 Å². The Hall–Kier alpha value is -0.760. The number of nitrogens with zero attached hydrogens (tertiary/aromatic N) is 1. The zero-order valence-electron chi connectivity index (χ0n) is 6.81. The number of nitrogens with two attached hydrogens (primary N) is 1. The van der Waals surface area contributed by atoms with Crippen molar-refractivity contribution < 1.29 is 0 Å². The summed E-state index contributed by atoms with van der Waals surface area (Å²) in [6, 6.07) is 2.13. The summed E-state index contributed by atoms with van der Waals surface area (Å²) in [5.74, 6) is 0. The van der Waals surface area contributed by atoms with Gasteiger partial charge in [-0.25, -0.2) is 0 Å². The Morgan fingerprint density at radius 2 is 2.10 bits per heavy atom. The van der Waals surface area contributed by atoms with Crippen molar-refractivity contribution in [3.63, 3.8) is 0 Å². The van der Waals surface area contributed by atoms with Gasteiger partial charge in [-0.05, 0) is 25.5 Å². The van der Waals surface area contributed by atoms with Crippen LogP contribution >= 0.6 is 0 Å². The predicted molar refractivity (Wildman–Crippen MR) is 42.8 cm³/mol. The fourth-order valence-electron chi connectivity index (χ4n) is 1.14. The fourth-order valence-corrected chi connectivity index (χ4v) is 1.14. The number of aryl methyl sites for hydroxylation is 1. The molecule has 0 bridgehead atoms. The van der Waals surface area contributed by atoms with Gasteiger partial charge in [-0.1, -0.05) is 0 Å². The molecule has 0 aromatic carbocycles. The van der Waals surface area contributed by atoms with Crippen LogP contribution in [0.25, 0.3) is 0 Å². The first kappa shape index (κ1) is 7.35. The van der Waals surface area contributed by atoms with E-state index in [2.05, 4.69) is 31.5 Å². The van der Waals surface area contributed by atoms with Crippen LogP contribution in [0, 0.1) is 13.8 Å². The van der Waals surface area contributed by atoms with E-state index in [1.165, 1.54) is 17.0 Å². The molecule has 56 valence electrons. The van der Waals surface area contributed by atoms with E-state index in [-0.39, 0.29) is 0 Å². The molecular weight excluding hydrogens is 124 g/mol. The van der Waals surface area contributed by atoms with Crippen molar-refractivity contribution in [3.8, 4) is 0 Å². The quantitative estimate of drug-likeness (QED) is 0.619. The van der Waals surface area contributed by atoms with E-state index in [1.54, 1.807) is 0 Å². The molecule has 0 aliphatic heterocycles. The molecule has 0 amide bonds. The highest BCUT2D eigenvalue weighted by molar-refractivity contribution is 5.25. The van der Waals surface area contributed by atoms with Crippen LogP contribution in [0.4, 0.5) is 0 Å². The summed E-state index contributed by atoms with van der Waals surface area (Å²) < 4.78 is 2.15. The highest BCUT2D eigenvalue weighted by Crippen LogP contribution is 2.11. The molecule has 0 atom stereocenters. The lowest BCUT2D eigenvalue weighted by Crippen LogP contribution is -1.99. The molecule has 2 nitrogen and oxygen atoms in total. The Morgan fingerprint density at radius 1 is 1.50 bits per heavy atom. The summed E-state index contributed by atoms with van der Waals surface area (Å²) in [7, 11) is 2.06. The van der Waals surface area contributed by atoms with Crippen LogP contribution in [0.5, 0.6) is 0 Å². The summed E-state index contributed by atoms with van der Waals surface area (Å²) in [4.78, 5) is 0. The van der Waals surface area contributed by atoms with Crippen LogP contribution in [-0.2, 0) is 13.6 Å². The largest absolute Gasteiger partial charge is 0.352 e.